The summed E-state index contributed by atoms with van der Waals surface area (Å²) < 4.78 is 0. The molecule has 0 radical (unpaired) electrons. The van der Waals surface area contributed by atoms with E-state index in [-0.39, 0.29) is 6.42 Å². The van der Waals surface area contributed by atoms with Crippen molar-refractivity contribution >= 4 is 17.7 Å². The maximum absolute atomic E-state index is 10.8. The zero-order chi connectivity index (χ0) is 13.0. The third-order valence-electron chi connectivity index (χ3n) is 2.56. The van der Waals surface area contributed by atoms with Gasteiger partial charge in [0.25, 0.3) is 0 Å². The summed E-state index contributed by atoms with van der Waals surface area (Å²) in [6.07, 6.45) is 0.0645. The zero-order valence-electron chi connectivity index (χ0n) is 10.1. The van der Waals surface area contributed by atoms with Crippen LogP contribution in [0.5, 0.6) is 0 Å². The quantitative estimate of drug-likeness (QED) is 0.907. The van der Waals surface area contributed by atoms with E-state index in [0.717, 1.165) is 15.4 Å². The van der Waals surface area contributed by atoms with Gasteiger partial charge in [-0.1, -0.05) is 47.7 Å². The molecule has 1 N–H and O–H groups in total. The molecule has 0 bridgehead atoms. The van der Waals surface area contributed by atoms with Crippen LogP contribution in [0.2, 0.25) is 0 Å². The van der Waals surface area contributed by atoms with E-state index in [4.69, 9.17) is 5.11 Å². The Bertz CT molecular complexity index is 547. The summed E-state index contributed by atoms with van der Waals surface area (Å²) in [5.41, 5.74) is 2.08. The fraction of sp³-hybridized carbons (Fsp3) is 0.133. The molecule has 2 nitrogen and oxygen atoms in total. The number of carbonyl (C=O) groups is 1. The fourth-order valence-corrected chi connectivity index (χ4v) is 2.59. The van der Waals surface area contributed by atoms with Crippen molar-refractivity contribution in [1.29, 1.82) is 0 Å². The molecule has 0 unspecified atom stereocenters. The first-order valence-electron chi connectivity index (χ1n) is 5.69. The van der Waals surface area contributed by atoms with E-state index in [1.54, 1.807) is 11.8 Å². The van der Waals surface area contributed by atoms with Crippen molar-refractivity contribution in [3.8, 4) is 0 Å². The van der Waals surface area contributed by atoms with Crippen molar-refractivity contribution in [2.75, 3.05) is 0 Å². The highest BCUT2D eigenvalue weighted by Crippen LogP contribution is 2.30. The fourth-order valence-electron chi connectivity index (χ4n) is 1.65. The molecule has 2 aromatic carbocycles. The molecule has 2 aromatic rings. The Labute approximate surface area is 111 Å². The average molecular weight is 258 g/mol. The number of benzene rings is 2. The average Bonchev–Trinajstić information content (AvgIpc) is 2.34. The lowest BCUT2D eigenvalue weighted by Gasteiger charge is -2.07. The summed E-state index contributed by atoms with van der Waals surface area (Å²) in [6, 6.07) is 15.9. The van der Waals surface area contributed by atoms with Crippen LogP contribution in [0.15, 0.2) is 58.3 Å². The van der Waals surface area contributed by atoms with E-state index in [2.05, 4.69) is 24.3 Å². The Kier molecular flexibility index (Phi) is 4.05. The summed E-state index contributed by atoms with van der Waals surface area (Å²) in [7, 11) is 0. The number of rotatable bonds is 4. The largest absolute Gasteiger partial charge is 0.481 e. The number of hydrogen-bond donors (Lipinski definition) is 1. The Hall–Kier alpha value is -1.74. The van der Waals surface area contributed by atoms with Gasteiger partial charge in [0.1, 0.15) is 0 Å². The predicted molar refractivity (Wildman–Crippen MR) is 73.1 cm³/mol. The number of hydrogen-bond acceptors (Lipinski definition) is 2. The van der Waals surface area contributed by atoms with Gasteiger partial charge in [-0.3, -0.25) is 4.79 Å². The Balaban J connectivity index is 2.23. The van der Waals surface area contributed by atoms with Crippen LogP contribution < -0.4 is 0 Å². The van der Waals surface area contributed by atoms with Gasteiger partial charge in [-0.25, -0.2) is 0 Å². The Morgan fingerprint density at radius 1 is 1.11 bits per heavy atom. The summed E-state index contributed by atoms with van der Waals surface area (Å²) in [5.74, 6) is -0.799. The van der Waals surface area contributed by atoms with Crippen LogP contribution in [-0.4, -0.2) is 11.1 Å². The zero-order valence-corrected chi connectivity index (χ0v) is 10.9. The van der Waals surface area contributed by atoms with Gasteiger partial charge in [0.2, 0.25) is 0 Å². The van der Waals surface area contributed by atoms with Gasteiger partial charge in [-0.15, -0.1) is 0 Å². The molecule has 0 fully saturated rings. The minimum Gasteiger partial charge on any atom is -0.481 e. The maximum Gasteiger partial charge on any atom is 0.307 e. The standard InChI is InChI=1S/C15H14O2S/c1-11-6-8-13(9-7-11)18-14-5-3-2-4-12(14)10-15(16)17/h2-9H,10H2,1H3,(H,16,17). The second-order valence-electron chi connectivity index (χ2n) is 4.09. The lowest BCUT2D eigenvalue weighted by atomic mass is 10.1. The van der Waals surface area contributed by atoms with Crippen molar-refractivity contribution in [2.45, 2.75) is 23.1 Å². The first-order chi connectivity index (χ1) is 8.65. The van der Waals surface area contributed by atoms with Gasteiger partial charge < -0.3 is 5.11 Å². The molecule has 0 spiro atoms. The minimum atomic E-state index is -0.799. The molecule has 0 amide bonds. The van der Waals surface area contributed by atoms with Crippen LogP contribution in [0.1, 0.15) is 11.1 Å². The van der Waals surface area contributed by atoms with Crippen LogP contribution in [0.3, 0.4) is 0 Å². The van der Waals surface area contributed by atoms with Gasteiger partial charge in [0.05, 0.1) is 6.42 Å². The molecule has 3 heteroatoms. The third kappa shape index (κ3) is 3.37. The van der Waals surface area contributed by atoms with Gasteiger partial charge in [-0.2, -0.15) is 0 Å². The molecule has 0 saturated heterocycles. The molecule has 0 aromatic heterocycles. The van der Waals surface area contributed by atoms with Crippen LogP contribution in [0.25, 0.3) is 0 Å². The highest BCUT2D eigenvalue weighted by atomic mass is 32.2. The number of carboxylic acid groups (broad SMARTS) is 1. The molecule has 0 aliphatic carbocycles. The van der Waals surface area contributed by atoms with Gasteiger partial charge in [0.15, 0.2) is 0 Å². The second-order valence-corrected chi connectivity index (χ2v) is 5.21. The van der Waals surface area contributed by atoms with E-state index in [1.807, 2.05) is 31.2 Å². The van der Waals surface area contributed by atoms with Crippen LogP contribution in [0.4, 0.5) is 0 Å². The number of aryl methyl sites for hydroxylation is 1. The van der Waals surface area contributed by atoms with Crippen molar-refractivity contribution in [2.24, 2.45) is 0 Å². The molecular formula is C15H14O2S. The number of aliphatic carboxylic acids is 1. The molecule has 2 rings (SSSR count). The normalized spacial score (nSPS) is 10.3. The van der Waals surface area contributed by atoms with Crippen LogP contribution >= 0.6 is 11.8 Å². The SMILES string of the molecule is Cc1ccc(Sc2ccccc2CC(=O)O)cc1. The molecule has 0 aliphatic heterocycles. The smallest absolute Gasteiger partial charge is 0.307 e. The van der Waals surface area contributed by atoms with E-state index in [9.17, 15) is 4.79 Å². The Morgan fingerprint density at radius 3 is 2.44 bits per heavy atom. The Morgan fingerprint density at radius 2 is 1.78 bits per heavy atom. The molecule has 0 heterocycles. The summed E-state index contributed by atoms with van der Waals surface area (Å²) in [4.78, 5) is 12.9. The highest BCUT2D eigenvalue weighted by molar-refractivity contribution is 7.99. The first kappa shape index (κ1) is 12.7. The predicted octanol–water partition coefficient (Wildman–Crippen LogP) is 3.77. The van der Waals surface area contributed by atoms with E-state index in [0.29, 0.717) is 0 Å². The lowest BCUT2D eigenvalue weighted by molar-refractivity contribution is -0.136. The van der Waals surface area contributed by atoms with Crippen molar-refractivity contribution in [1.82, 2.24) is 0 Å². The molecule has 0 saturated carbocycles. The molecular weight excluding hydrogens is 244 g/mol. The molecule has 92 valence electrons. The van der Waals surface area contributed by atoms with E-state index < -0.39 is 5.97 Å². The van der Waals surface area contributed by atoms with Gasteiger partial charge in [-0.05, 0) is 30.7 Å². The van der Waals surface area contributed by atoms with Crippen molar-refractivity contribution in [3.05, 3.63) is 59.7 Å². The molecule has 0 aliphatic rings. The van der Waals surface area contributed by atoms with Crippen LogP contribution in [-0.2, 0) is 11.2 Å². The minimum absolute atomic E-state index is 0.0645. The summed E-state index contributed by atoms with van der Waals surface area (Å²) in [6.45, 7) is 2.05. The number of carboxylic acids is 1. The summed E-state index contributed by atoms with van der Waals surface area (Å²) >= 11 is 1.60. The van der Waals surface area contributed by atoms with Crippen LogP contribution in [0, 0.1) is 6.92 Å². The van der Waals surface area contributed by atoms with E-state index >= 15 is 0 Å². The summed E-state index contributed by atoms with van der Waals surface area (Å²) in [5, 5.41) is 8.88. The monoisotopic (exact) mass is 258 g/mol. The maximum atomic E-state index is 10.8. The molecule has 18 heavy (non-hydrogen) atoms. The van der Waals surface area contributed by atoms with Crippen molar-refractivity contribution in [3.63, 3.8) is 0 Å². The topological polar surface area (TPSA) is 37.3 Å². The highest BCUT2D eigenvalue weighted by Gasteiger charge is 2.07. The third-order valence-corrected chi connectivity index (χ3v) is 3.69. The van der Waals surface area contributed by atoms with Crippen molar-refractivity contribution < 1.29 is 9.90 Å². The first-order valence-corrected chi connectivity index (χ1v) is 6.51. The second kappa shape index (κ2) is 5.74. The lowest BCUT2D eigenvalue weighted by Crippen LogP contribution is -2.01. The van der Waals surface area contributed by atoms with E-state index in [1.165, 1.54) is 5.56 Å². The molecule has 0 atom stereocenters. The van der Waals surface area contributed by atoms with Gasteiger partial charge >= 0.3 is 5.97 Å². The van der Waals surface area contributed by atoms with Gasteiger partial charge in [0, 0.05) is 9.79 Å².